The van der Waals surface area contributed by atoms with Crippen LogP contribution in [0.4, 0.5) is 0 Å². The fourth-order valence-corrected chi connectivity index (χ4v) is 11.8. The Hall–Kier alpha value is -8.67. The second kappa shape index (κ2) is 13.7. The molecule has 0 fully saturated rings. The van der Waals surface area contributed by atoms with Gasteiger partial charge in [0, 0.05) is 38.2 Å². The van der Waals surface area contributed by atoms with E-state index in [4.69, 9.17) is 23.8 Å². The van der Waals surface area contributed by atoms with Crippen LogP contribution in [0.25, 0.3) is 117 Å². The van der Waals surface area contributed by atoms with Gasteiger partial charge in [-0.2, -0.15) is 0 Å². The maximum Gasteiger partial charge on any atom is 0.164 e. The molecule has 67 heavy (non-hydrogen) atoms. The smallest absolute Gasteiger partial charge is 0.164 e. The highest BCUT2D eigenvalue weighted by Gasteiger charge is 2.53. The molecule has 5 heteroatoms. The molecule has 0 amide bonds. The van der Waals surface area contributed by atoms with Crippen molar-refractivity contribution < 1.29 is 8.83 Å². The molecule has 0 bridgehead atoms. The second-order valence-electron chi connectivity index (χ2n) is 18.0. The first-order chi connectivity index (χ1) is 33.2. The van der Waals surface area contributed by atoms with Gasteiger partial charge in [-0.05, 0) is 134 Å². The number of hydrogen-bond donors (Lipinski definition) is 0. The Bertz CT molecular complexity index is 4050. The normalized spacial score (nSPS) is 15.9. The minimum Gasteiger partial charge on any atom is -0.456 e. The highest BCUT2D eigenvalue weighted by molar-refractivity contribution is 6.11. The number of para-hydroxylation sites is 2. The van der Waals surface area contributed by atoms with E-state index in [1.54, 1.807) is 0 Å². The lowest BCUT2D eigenvalue weighted by Gasteiger charge is -2.31. The molecule has 1 spiro atoms. The predicted octanol–water partition coefficient (Wildman–Crippen LogP) is 15.9. The van der Waals surface area contributed by atoms with Crippen molar-refractivity contribution in [2.75, 3.05) is 0 Å². The summed E-state index contributed by atoms with van der Waals surface area (Å²) in [5.41, 5.74) is 18.9. The zero-order valence-electron chi connectivity index (χ0n) is 36.1. The van der Waals surface area contributed by atoms with Crippen molar-refractivity contribution in [3.63, 3.8) is 0 Å². The molecule has 3 heterocycles. The zero-order chi connectivity index (χ0) is 43.8. The van der Waals surface area contributed by atoms with Crippen molar-refractivity contribution in [2.45, 2.75) is 18.3 Å². The fourth-order valence-electron chi connectivity index (χ4n) is 11.8. The molecule has 0 aliphatic heterocycles. The number of hydrogen-bond acceptors (Lipinski definition) is 5. The molecular weight excluding hydrogens is 819 g/mol. The third-order valence-electron chi connectivity index (χ3n) is 14.6. The van der Waals surface area contributed by atoms with Crippen molar-refractivity contribution in [2.24, 2.45) is 0 Å². The summed E-state index contributed by atoms with van der Waals surface area (Å²) >= 11 is 0. The van der Waals surface area contributed by atoms with Gasteiger partial charge in [0.25, 0.3) is 0 Å². The number of benzene rings is 9. The Morgan fingerprint density at radius 2 is 0.836 bits per heavy atom. The first kappa shape index (κ1) is 36.6. The topological polar surface area (TPSA) is 65.0 Å². The minimum absolute atomic E-state index is 0.379. The Morgan fingerprint density at radius 3 is 1.52 bits per heavy atom. The Kier molecular flexibility index (Phi) is 7.48. The fraction of sp³-hybridized carbons (Fsp3) is 0.0484. The van der Waals surface area contributed by atoms with E-state index in [1.165, 1.54) is 55.7 Å². The molecule has 3 aliphatic carbocycles. The quantitative estimate of drug-likeness (QED) is 0.176. The van der Waals surface area contributed by atoms with E-state index < -0.39 is 0 Å². The van der Waals surface area contributed by atoms with Crippen molar-refractivity contribution >= 4 is 60.2 Å². The van der Waals surface area contributed by atoms with E-state index in [0.29, 0.717) is 17.5 Å². The summed E-state index contributed by atoms with van der Waals surface area (Å²) in [6.45, 7) is 0. The molecule has 9 aromatic carbocycles. The molecule has 12 aromatic rings. The SMILES string of the molecule is C1=C2C(=CCC1)C1(c3ccccc32)c2ccccc2-c2c(-c3ccc(-c4nc(-c5ccc6oc7ccccc7c6c5)nc(-c5ccc6oc7ccccc7c6c5)n4)c4ccccc34)cccc21. The summed E-state index contributed by atoms with van der Waals surface area (Å²) in [6, 6.07) is 67.1. The molecule has 5 nitrogen and oxygen atoms in total. The molecule has 15 rings (SSSR count). The van der Waals surface area contributed by atoms with Crippen LogP contribution in [0.2, 0.25) is 0 Å². The van der Waals surface area contributed by atoms with Gasteiger partial charge in [-0.3, -0.25) is 0 Å². The maximum absolute atomic E-state index is 6.24. The minimum atomic E-state index is -0.379. The molecule has 0 N–H and O–H groups in total. The van der Waals surface area contributed by atoms with Crippen LogP contribution in [0, 0.1) is 0 Å². The number of fused-ring (bicyclic) bond motifs is 17. The number of allylic oxidation sites excluding steroid dienone is 4. The summed E-state index contributed by atoms with van der Waals surface area (Å²) < 4.78 is 12.5. The Labute approximate surface area is 385 Å². The van der Waals surface area contributed by atoms with Crippen LogP contribution in [-0.4, -0.2) is 15.0 Å². The van der Waals surface area contributed by atoms with E-state index in [2.05, 4.69) is 140 Å². The van der Waals surface area contributed by atoms with Gasteiger partial charge in [0.1, 0.15) is 22.3 Å². The van der Waals surface area contributed by atoms with E-state index in [9.17, 15) is 0 Å². The van der Waals surface area contributed by atoms with E-state index >= 15 is 0 Å². The molecule has 1 atom stereocenters. The van der Waals surface area contributed by atoms with Gasteiger partial charge in [0.05, 0.1) is 5.41 Å². The molecule has 312 valence electrons. The van der Waals surface area contributed by atoms with Gasteiger partial charge >= 0.3 is 0 Å². The van der Waals surface area contributed by atoms with Gasteiger partial charge in [0.15, 0.2) is 17.5 Å². The summed E-state index contributed by atoms with van der Waals surface area (Å²) in [4.78, 5) is 15.9. The predicted molar refractivity (Wildman–Crippen MR) is 271 cm³/mol. The summed E-state index contributed by atoms with van der Waals surface area (Å²) in [7, 11) is 0. The van der Waals surface area contributed by atoms with Crippen LogP contribution in [0.5, 0.6) is 0 Å². The van der Waals surface area contributed by atoms with Crippen molar-refractivity contribution in [1.82, 2.24) is 15.0 Å². The van der Waals surface area contributed by atoms with Gasteiger partial charge in [-0.25, -0.2) is 15.0 Å². The standard InChI is InChI=1S/C62H37N3O2/c1-2-15-39-38(14-1)40(45-21-13-25-53-58(45)47-20-5-10-24-52(47)62(53)50-22-8-3-16-41(50)42-17-4-9-23-51(42)62)30-31-46(39)61-64-59(36-28-32-56-48(34-36)43-18-6-11-26-54(43)66-56)63-60(65-61)37-29-33-57-49(35-37)44-19-7-12-27-55(44)67-57/h1-3,5-8,10-35H,4,9H2. The molecule has 3 aliphatic rings. The van der Waals surface area contributed by atoms with Gasteiger partial charge in [-0.15, -0.1) is 0 Å². The molecule has 3 aromatic heterocycles. The highest BCUT2D eigenvalue weighted by atomic mass is 16.3. The average Bonchev–Trinajstić information content (AvgIpc) is 4.13. The third kappa shape index (κ3) is 5.06. The first-order valence-electron chi connectivity index (χ1n) is 23.1. The maximum atomic E-state index is 6.24. The van der Waals surface area contributed by atoms with E-state index in [1.807, 2.05) is 60.7 Å². The monoisotopic (exact) mass is 855 g/mol. The largest absolute Gasteiger partial charge is 0.456 e. The van der Waals surface area contributed by atoms with Crippen molar-refractivity contribution in [1.29, 1.82) is 0 Å². The van der Waals surface area contributed by atoms with Gasteiger partial charge in [-0.1, -0.05) is 146 Å². The molecular formula is C62H37N3O2. The lowest BCUT2D eigenvalue weighted by Crippen LogP contribution is -2.26. The van der Waals surface area contributed by atoms with Gasteiger partial charge < -0.3 is 8.83 Å². The first-order valence-corrected chi connectivity index (χ1v) is 23.1. The van der Waals surface area contributed by atoms with Crippen molar-refractivity contribution in [3.8, 4) is 56.4 Å². The lowest BCUT2D eigenvalue weighted by molar-refractivity contribution is 0.668. The Balaban J connectivity index is 0.947. The molecule has 0 radical (unpaired) electrons. The van der Waals surface area contributed by atoms with Crippen LogP contribution in [0.15, 0.2) is 215 Å². The highest BCUT2D eigenvalue weighted by Crippen LogP contribution is 2.65. The number of rotatable bonds is 4. The number of furan rings is 2. The number of aromatic nitrogens is 3. The lowest BCUT2D eigenvalue weighted by atomic mass is 9.69. The second-order valence-corrected chi connectivity index (χ2v) is 18.0. The summed E-state index contributed by atoms with van der Waals surface area (Å²) in [5, 5.41) is 6.35. The summed E-state index contributed by atoms with van der Waals surface area (Å²) in [5.74, 6) is 1.77. The van der Waals surface area contributed by atoms with E-state index in [0.717, 1.165) is 84.2 Å². The van der Waals surface area contributed by atoms with Crippen LogP contribution >= 0.6 is 0 Å². The molecule has 0 saturated heterocycles. The van der Waals surface area contributed by atoms with Crippen LogP contribution in [-0.2, 0) is 5.41 Å². The average molecular weight is 856 g/mol. The van der Waals surface area contributed by atoms with Gasteiger partial charge in [0.2, 0.25) is 0 Å². The molecule has 1 unspecified atom stereocenters. The third-order valence-corrected chi connectivity index (χ3v) is 14.6. The van der Waals surface area contributed by atoms with E-state index in [-0.39, 0.29) is 5.41 Å². The van der Waals surface area contributed by atoms with Crippen LogP contribution < -0.4 is 0 Å². The number of nitrogens with zero attached hydrogens (tertiary/aromatic N) is 3. The van der Waals surface area contributed by atoms with Crippen LogP contribution in [0.3, 0.4) is 0 Å². The van der Waals surface area contributed by atoms with Crippen molar-refractivity contribution in [3.05, 3.63) is 228 Å². The summed E-state index contributed by atoms with van der Waals surface area (Å²) in [6.07, 6.45) is 7.09. The van der Waals surface area contributed by atoms with Crippen LogP contribution in [0.1, 0.15) is 35.1 Å². The Morgan fingerprint density at radius 1 is 0.343 bits per heavy atom. The molecule has 0 saturated carbocycles. The zero-order valence-corrected chi connectivity index (χ0v) is 36.1.